The van der Waals surface area contributed by atoms with E-state index in [9.17, 15) is 18.0 Å². The van der Waals surface area contributed by atoms with Gasteiger partial charge in [-0.3, -0.25) is 4.79 Å². The number of aromatic nitrogens is 2. The summed E-state index contributed by atoms with van der Waals surface area (Å²) in [4.78, 5) is 18.4. The first-order valence-corrected chi connectivity index (χ1v) is 5.21. The molecule has 0 amide bonds. The molecular weight excluding hydrogens is 301 g/mol. The van der Waals surface area contributed by atoms with Gasteiger partial charge in [-0.05, 0) is 34.1 Å². The molecule has 0 N–H and O–H groups in total. The molecule has 2 heterocycles. The molecule has 0 aliphatic carbocycles. The summed E-state index contributed by atoms with van der Waals surface area (Å²) in [6.45, 7) is 0. The number of alkyl halides is 3. The second kappa shape index (κ2) is 4.06. The lowest BCUT2D eigenvalue weighted by Crippen LogP contribution is -2.23. The maximum atomic E-state index is 12.2. The number of hydrogen-bond acceptors (Lipinski definition) is 3. The van der Waals surface area contributed by atoms with Crippen molar-refractivity contribution in [1.82, 2.24) is 9.97 Å². The SMILES string of the molecule is O=C(c1ccc2cc(Br)cnc2n1)C(F)(F)F. The molecule has 0 fully saturated rings. The van der Waals surface area contributed by atoms with Crippen LogP contribution < -0.4 is 0 Å². The van der Waals surface area contributed by atoms with E-state index in [0.717, 1.165) is 6.07 Å². The Morgan fingerprint density at radius 3 is 2.65 bits per heavy atom. The van der Waals surface area contributed by atoms with Crippen LogP contribution in [0.1, 0.15) is 10.5 Å². The van der Waals surface area contributed by atoms with Crippen LogP contribution in [0.25, 0.3) is 11.0 Å². The summed E-state index contributed by atoms with van der Waals surface area (Å²) in [6, 6.07) is 4.06. The Balaban J connectivity index is 2.52. The lowest BCUT2D eigenvalue weighted by atomic mass is 10.2. The van der Waals surface area contributed by atoms with Crippen molar-refractivity contribution < 1.29 is 18.0 Å². The third-order valence-corrected chi connectivity index (χ3v) is 2.43. The lowest BCUT2D eigenvalue weighted by molar-refractivity contribution is -0.0888. The molecule has 2 aromatic rings. The fourth-order valence-electron chi connectivity index (χ4n) is 1.26. The predicted octanol–water partition coefficient (Wildman–Crippen LogP) is 3.14. The molecule has 0 unspecified atom stereocenters. The number of ketones is 1. The van der Waals surface area contributed by atoms with Gasteiger partial charge in [0.25, 0.3) is 5.78 Å². The third-order valence-electron chi connectivity index (χ3n) is 2.00. The van der Waals surface area contributed by atoms with E-state index in [2.05, 4.69) is 25.9 Å². The Kier molecular flexibility index (Phi) is 2.86. The third kappa shape index (κ3) is 2.44. The van der Waals surface area contributed by atoms with Gasteiger partial charge in [-0.25, -0.2) is 9.97 Å². The van der Waals surface area contributed by atoms with E-state index in [-0.39, 0.29) is 5.65 Å². The molecule has 0 aromatic carbocycles. The largest absolute Gasteiger partial charge is 0.456 e. The molecule has 88 valence electrons. The first kappa shape index (κ1) is 12.0. The second-order valence-electron chi connectivity index (χ2n) is 3.22. The highest BCUT2D eigenvalue weighted by Crippen LogP contribution is 2.22. The van der Waals surface area contributed by atoms with E-state index in [4.69, 9.17) is 0 Å². The van der Waals surface area contributed by atoms with Crippen molar-refractivity contribution in [3.8, 4) is 0 Å². The standard InChI is InChI=1S/C10H4BrF3N2O/c11-6-3-5-1-2-7(8(17)10(12,13)14)16-9(5)15-4-6/h1-4H. The number of pyridine rings is 2. The number of rotatable bonds is 1. The van der Waals surface area contributed by atoms with Crippen LogP contribution >= 0.6 is 15.9 Å². The zero-order chi connectivity index (χ0) is 12.6. The Hall–Kier alpha value is -1.50. The molecule has 2 rings (SSSR count). The number of Topliss-reactive ketones (excluding diaryl/α,β-unsaturated/α-hetero) is 1. The summed E-state index contributed by atoms with van der Waals surface area (Å²) in [7, 11) is 0. The lowest BCUT2D eigenvalue weighted by Gasteiger charge is -2.05. The fraction of sp³-hybridized carbons (Fsp3) is 0.100. The molecule has 17 heavy (non-hydrogen) atoms. The average Bonchev–Trinajstić information content (AvgIpc) is 2.26. The molecule has 0 saturated heterocycles. The van der Waals surface area contributed by atoms with Crippen LogP contribution in [0.15, 0.2) is 28.9 Å². The monoisotopic (exact) mass is 304 g/mol. The number of carbonyl (C=O) groups is 1. The van der Waals surface area contributed by atoms with Gasteiger partial charge in [-0.1, -0.05) is 0 Å². The quantitative estimate of drug-likeness (QED) is 0.760. The fourth-order valence-corrected chi connectivity index (χ4v) is 1.60. The Labute approximate surface area is 102 Å². The van der Waals surface area contributed by atoms with E-state index < -0.39 is 17.7 Å². The van der Waals surface area contributed by atoms with Gasteiger partial charge < -0.3 is 0 Å². The van der Waals surface area contributed by atoms with Crippen molar-refractivity contribution in [3.63, 3.8) is 0 Å². The normalized spacial score (nSPS) is 11.8. The van der Waals surface area contributed by atoms with E-state index in [0.29, 0.717) is 9.86 Å². The van der Waals surface area contributed by atoms with E-state index in [1.54, 1.807) is 6.07 Å². The molecular formula is C10H4BrF3N2O. The number of hydrogen-bond donors (Lipinski definition) is 0. The highest BCUT2D eigenvalue weighted by molar-refractivity contribution is 9.10. The Bertz CT molecular complexity index is 598. The van der Waals surface area contributed by atoms with Gasteiger partial charge in [-0.15, -0.1) is 0 Å². The number of halogens is 4. The van der Waals surface area contributed by atoms with Gasteiger partial charge >= 0.3 is 6.18 Å². The van der Waals surface area contributed by atoms with Crippen molar-refractivity contribution in [2.45, 2.75) is 6.18 Å². The summed E-state index contributed by atoms with van der Waals surface area (Å²) in [5, 5.41) is 0.554. The predicted molar refractivity (Wildman–Crippen MR) is 57.6 cm³/mol. The molecule has 2 aromatic heterocycles. The average molecular weight is 305 g/mol. The first-order chi connectivity index (χ1) is 7.88. The molecule has 0 atom stereocenters. The number of carbonyl (C=O) groups excluding carboxylic acids is 1. The van der Waals surface area contributed by atoms with Crippen LogP contribution in [0.2, 0.25) is 0 Å². The van der Waals surface area contributed by atoms with Crippen LogP contribution in [0.5, 0.6) is 0 Å². The second-order valence-corrected chi connectivity index (χ2v) is 4.14. The zero-order valence-electron chi connectivity index (χ0n) is 8.12. The maximum Gasteiger partial charge on any atom is 0.456 e. The molecule has 3 nitrogen and oxygen atoms in total. The first-order valence-electron chi connectivity index (χ1n) is 4.42. The van der Waals surface area contributed by atoms with Crippen molar-refractivity contribution >= 4 is 32.7 Å². The molecule has 0 saturated carbocycles. The van der Waals surface area contributed by atoms with E-state index >= 15 is 0 Å². The highest BCUT2D eigenvalue weighted by atomic mass is 79.9. The minimum atomic E-state index is -4.92. The molecule has 0 spiro atoms. The summed E-state index contributed by atoms with van der Waals surface area (Å²) in [6.07, 6.45) is -3.52. The maximum absolute atomic E-state index is 12.2. The van der Waals surface area contributed by atoms with Gasteiger partial charge in [0.15, 0.2) is 5.65 Å². The van der Waals surface area contributed by atoms with Crippen LogP contribution in [0.3, 0.4) is 0 Å². The highest BCUT2D eigenvalue weighted by Gasteiger charge is 2.40. The van der Waals surface area contributed by atoms with Crippen molar-refractivity contribution in [3.05, 3.63) is 34.6 Å². The summed E-state index contributed by atoms with van der Waals surface area (Å²) in [5.74, 6) is -1.97. The van der Waals surface area contributed by atoms with E-state index in [1.165, 1.54) is 12.3 Å². The minimum absolute atomic E-state index is 0.100. The molecule has 7 heteroatoms. The van der Waals surface area contributed by atoms with E-state index in [1.807, 2.05) is 0 Å². The van der Waals surface area contributed by atoms with Gasteiger partial charge in [-0.2, -0.15) is 13.2 Å². The number of fused-ring (bicyclic) bond motifs is 1. The molecule has 0 bridgehead atoms. The minimum Gasteiger partial charge on any atom is -0.282 e. The Morgan fingerprint density at radius 1 is 1.29 bits per heavy atom. The van der Waals surface area contributed by atoms with Crippen LogP contribution in [0.4, 0.5) is 13.2 Å². The topological polar surface area (TPSA) is 42.9 Å². The Morgan fingerprint density at radius 2 is 2.00 bits per heavy atom. The molecule has 0 aliphatic heterocycles. The van der Waals surface area contributed by atoms with Gasteiger partial charge in [0.05, 0.1) is 0 Å². The van der Waals surface area contributed by atoms with Gasteiger partial charge in [0.2, 0.25) is 0 Å². The van der Waals surface area contributed by atoms with Crippen molar-refractivity contribution in [2.24, 2.45) is 0 Å². The summed E-state index contributed by atoms with van der Waals surface area (Å²) in [5.41, 5.74) is -0.553. The van der Waals surface area contributed by atoms with Gasteiger partial charge in [0.1, 0.15) is 5.69 Å². The van der Waals surface area contributed by atoms with Crippen LogP contribution in [0, 0.1) is 0 Å². The van der Waals surface area contributed by atoms with Crippen LogP contribution in [-0.2, 0) is 0 Å². The molecule has 0 aliphatic rings. The smallest absolute Gasteiger partial charge is 0.282 e. The number of nitrogens with zero attached hydrogens (tertiary/aromatic N) is 2. The van der Waals surface area contributed by atoms with Crippen molar-refractivity contribution in [1.29, 1.82) is 0 Å². The van der Waals surface area contributed by atoms with Gasteiger partial charge in [0, 0.05) is 16.1 Å². The summed E-state index contributed by atoms with van der Waals surface area (Å²) >= 11 is 3.17. The summed E-state index contributed by atoms with van der Waals surface area (Å²) < 4.78 is 37.2. The van der Waals surface area contributed by atoms with Crippen LogP contribution in [-0.4, -0.2) is 21.9 Å². The zero-order valence-corrected chi connectivity index (χ0v) is 9.71. The molecule has 0 radical (unpaired) electrons. The van der Waals surface area contributed by atoms with Crippen molar-refractivity contribution in [2.75, 3.05) is 0 Å².